The summed E-state index contributed by atoms with van der Waals surface area (Å²) in [7, 11) is 1.56. The van der Waals surface area contributed by atoms with E-state index in [1.54, 1.807) is 55.6 Å². The highest BCUT2D eigenvalue weighted by molar-refractivity contribution is 7.99. The zero-order valence-electron chi connectivity index (χ0n) is 15.9. The van der Waals surface area contributed by atoms with Crippen molar-refractivity contribution in [3.63, 3.8) is 0 Å². The summed E-state index contributed by atoms with van der Waals surface area (Å²) >= 11 is 0.420. The molecule has 0 aromatic heterocycles. The molecule has 2 N–H and O–H groups in total. The molecule has 2 amide bonds. The van der Waals surface area contributed by atoms with Crippen LogP contribution in [0.1, 0.15) is 20.7 Å². The van der Waals surface area contributed by atoms with Crippen LogP contribution < -0.4 is 15.4 Å². The van der Waals surface area contributed by atoms with E-state index in [1.807, 2.05) is 0 Å². The summed E-state index contributed by atoms with van der Waals surface area (Å²) in [5.74, 6) is -2.48. The Morgan fingerprint density at radius 2 is 1.20 bits per heavy atom. The van der Waals surface area contributed by atoms with Crippen LogP contribution in [-0.2, 0) is 0 Å². The molecule has 5 nitrogen and oxygen atoms in total. The minimum atomic E-state index is -2.51. The van der Waals surface area contributed by atoms with Crippen LogP contribution in [0.3, 0.4) is 0 Å². The van der Waals surface area contributed by atoms with Crippen LogP contribution in [0.4, 0.5) is 20.2 Å². The Morgan fingerprint density at radius 1 is 0.767 bits per heavy atom. The standard InChI is InChI=1S/C22H18F2N2O3S/c1-29-18-10-8-17(9-11-18)26-20(27)14-2-6-16(7-3-14)25-21(28)15-4-12-19(13-5-15)30-22(23)24/h2-13,22H,1H3,(H,25,28)(H,26,27). The Kier molecular flexibility index (Phi) is 7.03. The summed E-state index contributed by atoms with van der Waals surface area (Å²) < 4.78 is 29.8. The van der Waals surface area contributed by atoms with Gasteiger partial charge in [-0.15, -0.1) is 0 Å². The number of ether oxygens (including phenoxy) is 1. The average molecular weight is 428 g/mol. The molecule has 30 heavy (non-hydrogen) atoms. The Labute approximate surface area is 176 Å². The van der Waals surface area contributed by atoms with E-state index in [0.717, 1.165) is 0 Å². The predicted octanol–water partition coefficient (Wildman–Crippen LogP) is 5.51. The van der Waals surface area contributed by atoms with E-state index >= 15 is 0 Å². The average Bonchev–Trinajstić information content (AvgIpc) is 2.75. The Bertz CT molecular complexity index is 1010. The fraction of sp³-hybridized carbons (Fsp3) is 0.0909. The van der Waals surface area contributed by atoms with Crippen molar-refractivity contribution in [2.45, 2.75) is 10.7 Å². The van der Waals surface area contributed by atoms with Crippen molar-refractivity contribution in [2.24, 2.45) is 0 Å². The molecule has 3 rings (SSSR count). The minimum Gasteiger partial charge on any atom is -0.497 e. The number of amides is 2. The van der Waals surface area contributed by atoms with Crippen molar-refractivity contribution in [3.05, 3.63) is 83.9 Å². The molecule has 0 spiro atoms. The quantitative estimate of drug-likeness (QED) is 0.487. The molecule has 0 radical (unpaired) electrons. The monoisotopic (exact) mass is 428 g/mol. The normalized spacial score (nSPS) is 10.5. The molecule has 3 aromatic rings. The maximum Gasteiger partial charge on any atom is 0.288 e. The molecule has 0 bridgehead atoms. The van der Waals surface area contributed by atoms with Gasteiger partial charge < -0.3 is 15.4 Å². The molecule has 0 saturated heterocycles. The smallest absolute Gasteiger partial charge is 0.288 e. The fourth-order valence-corrected chi connectivity index (χ4v) is 3.07. The van der Waals surface area contributed by atoms with Gasteiger partial charge in [0.05, 0.1) is 7.11 Å². The lowest BCUT2D eigenvalue weighted by Crippen LogP contribution is -2.13. The second kappa shape index (κ2) is 9.89. The van der Waals surface area contributed by atoms with Gasteiger partial charge >= 0.3 is 0 Å². The third kappa shape index (κ3) is 5.81. The maximum atomic E-state index is 12.4. The zero-order valence-corrected chi connectivity index (χ0v) is 16.7. The number of hydrogen-bond donors (Lipinski definition) is 2. The summed E-state index contributed by atoms with van der Waals surface area (Å²) in [6.07, 6.45) is 0. The van der Waals surface area contributed by atoms with Crippen molar-refractivity contribution in [2.75, 3.05) is 17.7 Å². The Balaban J connectivity index is 1.59. The van der Waals surface area contributed by atoms with Crippen molar-refractivity contribution < 1.29 is 23.1 Å². The number of alkyl halides is 2. The van der Waals surface area contributed by atoms with Crippen LogP contribution in [0, 0.1) is 0 Å². The SMILES string of the molecule is COc1ccc(NC(=O)c2ccc(NC(=O)c3ccc(SC(F)F)cc3)cc2)cc1. The Morgan fingerprint density at radius 3 is 1.63 bits per heavy atom. The van der Waals surface area contributed by atoms with E-state index in [4.69, 9.17) is 4.74 Å². The van der Waals surface area contributed by atoms with Crippen molar-refractivity contribution >= 4 is 35.0 Å². The van der Waals surface area contributed by atoms with Gasteiger partial charge in [0.25, 0.3) is 17.6 Å². The molecule has 0 fully saturated rings. The van der Waals surface area contributed by atoms with E-state index in [1.165, 1.54) is 24.3 Å². The van der Waals surface area contributed by atoms with E-state index in [0.29, 0.717) is 44.9 Å². The van der Waals surface area contributed by atoms with Gasteiger partial charge in [0.15, 0.2) is 0 Å². The molecule has 0 aliphatic carbocycles. The highest BCUT2D eigenvalue weighted by Crippen LogP contribution is 2.25. The van der Waals surface area contributed by atoms with Gasteiger partial charge in [0.2, 0.25) is 0 Å². The first kappa shape index (κ1) is 21.3. The first-order chi connectivity index (χ1) is 14.4. The number of rotatable bonds is 7. The van der Waals surface area contributed by atoms with Crippen molar-refractivity contribution in [3.8, 4) is 5.75 Å². The lowest BCUT2D eigenvalue weighted by molar-refractivity contribution is 0.102. The molecule has 3 aromatic carbocycles. The number of nitrogens with one attached hydrogen (secondary N) is 2. The number of halogens is 2. The van der Waals surface area contributed by atoms with Crippen molar-refractivity contribution in [1.29, 1.82) is 0 Å². The second-order valence-electron chi connectivity index (χ2n) is 6.12. The van der Waals surface area contributed by atoms with Crippen LogP contribution in [0.15, 0.2) is 77.7 Å². The number of anilines is 2. The largest absolute Gasteiger partial charge is 0.497 e. The van der Waals surface area contributed by atoms with Gasteiger partial charge in [0, 0.05) is 27.4 Å². The van der Waals surface area contributed by atoms with Gasteiger partial charge in [-0.3, -0.25) is 9.59 Å². The molecular formula is C22H18F2N2O3S. The molecule has 0 heterocycles. The summed E-state index contributed by atoms with van der Waals surface area (Å²) in [5, 5.41) is 5.48. The molecule has 0 atom stereocenters. The van der Waals surface area contributed by atoms with Gasteiger partial charge in [-0.1, -0.05) is 11.8 Å². The lowest BCUT2D eigenvalue weighted by Gasteiger charge is -2.09. The van der Waals surface area contributed by atoms with Gasteiger partial charge in [0.1, 0.15) is 5.75 Å². The number of benzene rings is 3. The minimum absolute atomic E-state index is 0.287. The van der Waals surface area contributed by atoms with Crippen molar-refractivity contribution in [1.82, 2.24) is 0 Å². The molecule has 0 aliphatic heterocycles. The predicted molar refractivity (Wildman–Crippen MR) is 114 cm³/mol. The van der Waals surface area contributed by atoms with Crippen LogP contribution in [0.25, 0.3) is 0 Å². The molecular weight excluding hydrogens is 410 g/mol. The van der Waals surface area contributed by atoms with Crippen LogP contribution >= 0.6 is 11.8 Å². The third-order valence-electron chi connectivity index (χ3n) is 4.09. The van der Waals surface area contributed by atoms with E-state index in [9.17, 15) is 18.4 Å². The number of thioether (sulfide) groups is 1. The molecule has 0 unspecified atom stereocenters. The van der Waals surface area contributed by atoms with E-state index in [2.05, 4.69) is 10.6 Å². The van der Waals surface area contributed by atoms with Gasteiger partial charge in [-0.25, -0.2) is 0 Å². The maximum absolute atomic E-state index is 12.4. The van der Waals surface area contributed by atoms with Crippen LogP contribution in [-0.4, -0.2) is 24.7 Å². The van der Waals surface area contributed by atoms with Gasteiger partial charge in [-0.05, 0) is 72.8 Å². The third-order valence-corrected chi connectivity index (χ3v) is 4.82. The first-order valence-electron chi connectivity index (χ1n) is 8.86. The molecule has 154 valence electrons. The molecule has 0 saturated carbocycles. The van der Waals surface area contributed by atoms with Crippen LogP contribution in [0.2, 0.25) is 0 Å². The Hall–Kier alpha value is -3.39. The second-order valence-corrected chi connectivity index (χ2v) is 7.18. The van der Waals surface area contributed by atoms with E-state index < -0.39 is 5.76 Å². The number of carbonyl (C=O) groups excluding carboxylic acids is 2. The summed E-state index contributed by atoms with van der Waals surface area (Å²) in [6.45, 7) is 0. The highest BCUT2D eigenvalue weighted by Gasteiger charge is 2.10. The lowest BCUT2D eigenvalue weighted by atomic mass is 10.1. The number of carbonyl (C=O) groups is 2. The topological polar surface area (TPSA) is 67.4 Å². The van der Waals surface area contributed by atoms with E-state index in [-0.39, 0.29) is 11.8 Å². The molecule has 8 heteroatoms. The number of hydrogen-bond acceptors (Lipinski definition) is 4. The van der Waals surface area contributed by atoms with Crippen LogP contribution in [0.5, 0.6) is 5.75 Å². The molecule has 0 aliphatic rings. The highest BCUT2D eigenvalue weighted by atomic mass is 32.2. The zero-order chi connectivity index (χ0) is 21.5. The van der Waals surface area contributed by atoms with Gasteiger partial charge in [-0.2, -0.15) is 8.78 Å². The summed E-state index contributed by atoms with van der Waals surface area (Å²) in [6, 6.07) is 19.3. The first-order valence-corrected chi connectivity index (χ1v) is 9.74. The summed E-state index contributed by atoms with van der Waals surface area (Å²) in [4.78, 5) is 25.0. The fourth-order valence-electron chi connectivity index (χ4n) is 2.57. The summed E-state index contributed by atoms with van der Waals surface area (Å²) in [5.41, 5.74) is 1.91. The number of methoxy groups -OCH3 is 1.